The number of alkyl halides is 3. The third-order valence-corrected chi connectivity index (χ3v) is 3.59. The highest BCUT2D eigenvalue weighted by atomic mass is 32.2. The van der Waals surface area contributed by atoms with Crippen molar-refractivity contribution in [1.29, 1.82) is 0 Å². The zero-order chi connectivity index (χ0) is 11.1. The van der Waals surface area contributed by atoms with Gasteiger partial charge in [0.15, 0.2) is 0 Å². The normalized spacial score (nSPS) is 19.4. The van der Waals surface area contributed by atoms with Crippen molar-refractivity contribution < 1.29 is 13.2 Å². The van der Waals surface area contributed by atoms with Crippen LogP contribution in [0.5, 0.6) is 0 Å². The molecule has 1 N–H and O–H groups in total. The molecule has 0 aromatic carbocycles. The maximum atomic E-state index is 11.8. The second-order valence-electron chi connectivity index (χ2n) is 3.91. The average molecular weight is 241 g/mol. The first-order valence-corrected chi connectivity index (χ1v) is 6.61. The smallest absolute Gasteiger partial charge is 0.314 e. The first-order valence-electron chi connectivity index (χ1n) is 5.46. The predicted octanol–water partition coefficient (Wildman–Crippen LogP) is 3.20. The quantitative estimate of drug-likeness (QED) is 0.742. The Morgan fingerprint density at radius 1 is 1.13 bits per heavy atom. The van der Waals surface area contributed by atoms with Gasteiger partial charge >= 0.3 is 6.18 Å². The second-order valence-corrected chi connectivity index (χ2v) is 5.14. The van der Waals surface area contributed by atoms with Gasteiger partial charge in [0.25, 0.3) is 0 Å². The Balaban J connectivity index is 1.92. The van der Waals surface area contributed by atoms with Gasteiger partial charge < -0.3 is 5.32 Å². The van der Waals surface area contributed by atoms with Crippen LogP contribution < -0.4 is 5.32 Å². The van der Waals surface area contributed by atoms with E-state index in [0.29, 0.717) is 12.5 Å². The highest BCUT2D eigenvalue weighted by Crippen LogP contribution is 2.22. The number of hydrogen-bond acceptors (Lipinski definition) is 2. The highest BCUT2D eigenvalue weighted by molar-refractivity contribution is 7.99. The molecule has 0 radical (unpaired) electrons. The third kappa shape index (κ3) is 7.06. The first kappa shape index (κ1) is 13.2. The van der Waals surface area contributed by atoms with Crippen molar-refractivity contribution in [3.05, 3.63) is 0 Å². The van der Waals surface area contributed by atoms with Crippen LogP contribution in [0.3, 0.4) is 0 Å². The summed E-state index contributed by atoms with van der Waals surface area (Å²) in [6, 6.07) is 0.539. The van der Waals surface area contributed by atoms with Gasteiger partial charge in [-0.3, -0.25) is 0 Å². The summed E-state index contributed by atoms with van der Waals surface area (Å²) >= 11 is 1.96. The van der Waals surface area contributed by atoms with Crippen molar-refractivity contribution in [3.8, 4) is 0 Å². The summed E-state index contributed by atoms with van der Waals surface area (Å²) in [6.07, 6.45) is -1.44. The van der Waals surface area contributed by atoms with Crippen LogP contribution in [0.2, 0.25) is 0 Å². The van der Waals surface area contributed by atoms with Crippen LogP contribution in [-0.4, -0.2) is 30.3 Å². The van der Waals surface area contributed by atoms with Crippen LogP contribution in [0.25, 0.3) is 0 Å². The maximum absolute atomic E-state index is 11.8. The molecule has 0 saturated carbocycles. The van der Waals surface area contributed by atoms with Crippen molar-refractivity contribution in [3.63, 3.8) is 0 Å². The van der Waals surface area contributed by atoms with Gasteiger partial charge in [0.1, 0.15) is 0 Å². The molecule has 1 rings (SSSR count). The van der Waals surface area contributed by atoms with E-state index >= 15 is 0 Å². The van der Waals surface area contributed by atoms with Gasteiger partial charge in [0.05, 0.1) is 0 Å². The van der Waals surface area contributed by atoms with E-state index in [1.807, 2.05) is 11.8 Å². The molecule has 0 aromatic heterocycles. The summed E-state index contributed by atoms with van der Waals surface area (Å²) in [5.41, 5.74) is 0. The van der Waals surface area contributed by atoms with Gasteiger partial charge in [-0.2, -0.15) is 24.9 Å². The Kier molecular flexibility index (Phi) is 5.82. The number of nitrogens with one attached hydrogen (secondary N) is 1. The van der Waals surface area contributed by atoms with Gasteiger partial charge in [0.2, 0.25) is 0 Å². The van der Waals surface area contributed by atoms with Gasteiger partial charge in [-0.05, 0) is 43.7 Å². The van der Waals surface area contributed by atoms with Crippen LogP contribution >= 0.6 is 11.8 Å². The molecule has 0 atom stereocenters. The minimum Gasteiger partial charge on any atom is -0.314 e. The molecule has 1 aliphatic rings. The molecule has 1 heterocycles. The van der Waals surface area contributed by atoms with Crippen molar-refractivity contribution in [1.82, 2.24) is 5.32 Å². The van der Waals surface area contributed by atoms with Crippen LogP contribution in [0.1, 0.15) is 32.1 Å². The fourth-order valence-corrected chi connectivity index (χ4v) is 2.76. The fourth-order valence-electron chi connectivity index (χ4n) is 1.66. The van der Waals surface area contributed by atoms with Crippen molar-refractivity contribution in [2.75, 3.05) is 18.1 Å². The summed E-state index contributed by atoms with van der Waals surface area (Å²) in [5, 5.41) is 3.33. The number of hydrogen-bond donors (Lipinski definition) is 1. The Morgan fingerprint density at radius 3 is 2.40 bits per heavy atom. The molecular weight excluding hydrogens is 223 g/mol. The molecule has 1 saturated heterocycles. The molecule has 1 aliphatic heterocycles. The monoisotopic (exact) mass is 241 g/mol. The summed E-state index contributed by atoms with van der Waals surface area (Å²) < 4.78 is 35.4. The lowest BCUT2D eigenvalue weighted by molar-refractivity contribution is -0.135. The van der Waals surface area contributed by atoms with Crippen LogP contribution in [0.15, 0.2) is 0 Å². The number of thioether (sulfide) groups is 1. The van der Waals surface area contributed by atoms with E-state index in [2.05, 4.69) is 5.32 Å². The molecule has 0 aromatic rings. The molecule has 15 heavy (non-hydrogen) atoms. The van der Waals surface area contributed by atoms with Crippen molar-refractivity contribution >= 4 is 11.8 Å². The van der Waals surface area contributed by atoms with E-state index in [1.54, 1.807) is 0 Å². The van der Waals surface area contributed by atoms with Crippen LogP contribution in [0, 0.1) is 0 Å². The van der Waals surface area contributed by atoms with Gasteiger partial charge in [-0.15, -0.1) is 0 Å². The minimum atomic E-state index is -3.98. The molecule has 0 spiro atoms. The number of rotatable bonds is 5. The summed E-state index contributed by atoms with van der Waals surface area (Å²) in [6.45, 7) is 0.728. The Morgan fingerprint density at radius 2 is 1.80 bits per heavy atom. The summed E-state index contributed by atoms with van der Waals surface area (Å²) in [7, 11) is 0. The number of unbranched alkanes of at least 4 members (excludes halogenated alkanes) is 1. The number of halogens is 3. The van der Waals surface area contributed by atoms with E-state index in [-0.39, 0.29) is 6.42 Å². The molecule has 0 amide bonds. The standard InChI is InChI=1S/C10H18F3NS/c11-10(12,13)5-1-2-6-14-9-3-7-15-8-4-9/h9,14H,1-8H2. The topological polar surface area (TPSA) is 12.0 Å². The lowest BCUT2D eigenvalue weighted by Crippen LogP contribution is -2.33. The molecule has 1 nitrogen and oxygen atoms in total. The molecule has 0 bridgehead atoms. The Labute approximate surface area is 93.2 Å². The molecule has 0 aliphatic carbocycles. The maximum Gasteiger partial charge on any atom is 0.389 e. The average Bonchev–Trinajstić information content (AvgIpc) is 2.17. The second kappa shape index (κ2) is 6.63. The van der Waals surface area contributed by atoms with Gasteiger partial charge in [-0.25, -0.2) is 0 Å². The molecule has 0 unspecified atom stereocenters. The minimum absolute atomic E-state index is 0.248. The predicted molar refractivity (Wildman–Crippen MR) is 58.3 cm³/mol. The van der Waals surface area contributed by atoms with Crippen molar-refractivity contribution in [2.24, 2.45) is 0 Å². The Bertz CT molecular complexity index is 167. The van der Waals surface area contributed by atoms with E-state index < -0.39 is 12.6 Å². The van der Waals surface area contributed by atoms with Crippen LogP contribution in [-0.2, 0) is 0 Å². The highest BCUT2D eigenvalue weighted by Gasteiger charge is 2.25. The molecular formula is C10H18F3NS. The van der Waals surface area contributed by atoms with Gasteiger partial charge in [0, 0.05) is 12.5 Å². The molecule has 1 fully saturated rings. The third-order valence-electron chi connectivity index (χ3n) is 2.54. The van der Waals surface area contributed by atoms with Crippen LogP contribution in [0.4, 0.5) is 13.2 Å². The van der Waals surface area contributed by atoms with E-state index in [0.717, 1.165) is 19.4 Å². The lowest BCUT2D eigenvalue weighted by atomic mass is 10.1. The Hall–Kier alpha value is 0.100. The van der Waals surface area contributed by atoms with E-state index in [1.165, 1.54) is 11.5 Å². The van der Waals surface area contributed by atoms with E-state index in [4.69, 9.17) is 0 Å². The van der Waals surface area contributed by atoms with E-state index in [9.17, 15) is 13.2 Å². The van der Waals surface area contributed by atoms with Gasteiger partial charge in [-0.1, -0.05) is 0 Å². The molecule has 90 valence electrons. The zero-order valence-electron chi connectivity index (χ0n) is 8.78. The SMILES string of the molecule is FC(F)(F)CCCCNC1CCSCC1. The summed E-state index contributed by atoms with van der Waals surface area (Å²) in [5.74, 6) is 2.36. The summed E-state index contributed by atoms with van der Waals surface area (Å²) in [4.78, 5) is 0. The largest absolute Gasteiger partial charge is 0.389 e. The van der Waals surface area contributed by atoms with Crippen molar-refractivity contribution in [2.45, 2.75) is 44.3 Å². The fraction of sp³-hybridized carbons (Fsp3) is 1.00. The zero-order valence-corrected chi connectivity index (χ0v) is 9.59. The molecule has 5 heteroatoms. The first-order chi connectivity index (χ1) is 7.08. The lowest BCUT2D eigenvalue weighted by Gasteiger charge is -2.22.